The molecule has 2 saturated heterocycles. The van der Waals surface area contributed by atoms with E-state index in [2.05, 4.69) is 10.6 Å². The second kappa shape index (κ2) is 14.6. The number of ether oxygens (including phenoxy) is 5. The number of hydrogen-bond donors (Lipinski definition) is 3. The summed E-state index contributed by atoms with van der Waals surface area (Å²) in [6.07, 6.45) is 1.91. The van der Waals surface area contributed by atoms with Crippen molar-refractivity contribution in [3.05, 3.63) is 88.5 Å². The fraction of sp³-hybridized carbons (Fsp3) is 0.432. The van der Waals surface area contributed by atoms with Gasteiger partial charge in [-0.3, -0.25) is 9.59 Å². The lowest BCUT2D eigenvalue weighted by molar-refractivity contribution is -0.172. The normalized spacial score (nSPS) is 24.2. The minimum absolute atomic E-state index is 0.0187. The summed E-state index contributed by atoms with van der Waals surface area (Å²) < 4.78 is 29.5. The minimum atomic E-state index is -1.05. The fourth-order valence-electron chi connectivity index (χ4n) is 6.63. The Morgan fingerprint density at radius 1 is 0.960 bits per heavy atom. The number of benzene rings is 2. The highest BCUT2D eigenvalue weighted by atomic mass is 16.8. The molecule has 2 aliphatic heterocycles. The molecule has 6 rings (SSSR count). The summed E-state index contributed by atoms with van der Waals surface area (Å²) in [5, 5.41) is 14.2. The molecule has 0 radical (unpaired) electrons. The van der Waals surface area contributed by atoms with Crippen molar-refractivity contribution in [2.45, 2.75) is 69.7 Å². The van der Waals surface area contributed by atoms with Crippen LogP contribution in [0.2, 0.25) is 0 Å². The SMILES string of the molecule is CC1(C)COC(=O)C1OC(=O)C=Cc1ccccc1C(=O)OC1CC(C(=O)NCCC(=O)NCCO)=CC2OC3(Cc4ccccc4C3)OC21. The van der Waals surface area contributed by atoms with E-state index in [1.165, 1.54) is 6.08 Å². The zero-order valence-electron chi connectivity index (χ0n) is 27.8. The highest BCUT2D eigenvalue weighted by molar-refractivity contribution is 5.97. The molecule has 4 atom stereocenters. The van der Waals surface area contributed by atoms with Crippen molar-refractivity contribution in [2.75, 3.05) is 26.3 Å². The van der Waals surface area contributed by atoms with E-state index in [0.29, 0.717) is 24.0 Å². The summed E-state index contributed by atoms with van der Waals surface area (Å²) >= 11 is 0. The lowest BCUT2D eigenvalue weighted by atomic mass is 9.90. The summed E-state index contributed by atoms with van der Waals surface area (Å²) in [6.45, 7) is 3.65. The van der Waals surface area contributed by atoms with Crippen molar-refractivity contribution >= 4 is 35.8 Å². The predicted octanol–water partition coefficient (Wildman–Crippen LogP) is 1.94. The molecular formula is C37H40N2O11. The average Bonchev–Trinajstić information content (AvgIpc) is 3.73. The number of amides is 2. The molecule has 2 heterocycles. The number of carbonyl (C=O) groups is 5. The smallest absolute Gasteiger partial charge is 0.348 e. The van der Waals surface area contributed by atoms with E-state index >= 15 is 0 Å². The van der Waals surface area contributed by atoms with Crippen LogP contribution >= 0.6 is 0 Å². The van der Waals surface area contributed by atoms with Crippen LogP contribution in [0.3, 0.4) is 0 Å². The van der Waals surface area contributed by atoms with Gasteiger partial charge in [0.15, 0.2) is 5.79 Å². The third kappa shape index (κ3) is 7.64. The first-order chi connectivity index (χ1) is 24.0. The summed E-state index contributed by atoms with van der Waals surface area (Å²) in [5.41, 5.74) is 2.35. The van der Waals surface area contributed by atoms with Crippen LogP contribution < -0.4 is 10.6 Å². The fourth-order valence-corrected chi connectivity index (χ4v) is 6.63. The Labute approximate surface area is 288 Å². The highest BCUT2D eigenvalue weighted by Crippen LogP contribution is 2.45. The topological polar surface area (TPSA) is 176 Å². The van der Waals surface area contributed by atoms with Gasteiger partial charge in [-0.05, 0) is 34.9 Å². The van der Waals surface area contributed by atoms with Gasteiger partial charge in [0.05, 0.1) is 12.2 Å². The third-order valence-electron chi connectivity index (χ3n) is 9.16. The molecule has 2 aromatic carbocycles. The van der Waals surface area contributed by atoms with E-state index < -0.39 is 59.4 Å². The molecule has 2 aliphatic carbocycles. The van der Waals surface area contributed by atoms with Crippen molar-refractivity contribution in [2.24, 2.45) is 5.41 Å². The van der Waals surface area contributed by atoms with Gasteiger partial charge >= 0.3 is 17.9 Å². The van der Waals surface area contributed by atoms with E-state index in [0.717, 1.165) is 17.2 Å². The number of aliphatic hydroxyl groups excluding tert-OH is 1. The quantitative estimate of drug-likeness (QED) is 0.179. The maximum absolute atomic E-state index is 13.8. The zero-order valence-corrected chi connectivity index (χ0v) is 27.8. The first kappa shape index (κ1) is 35.0. The molecule has 2 amide bonds. The zero-order chi connectivity index (χ0) is 35.5. The van der Waals surface area contributed by atoms with Gasteiger partial charge in [-0.15, -0.1) is 0 Å². The second-order valence-electron chi connectivity index (χ2n) is 13.5. The Morgan fingerprint density at radius 2 is 1.68 bits per heavy atom. The van der Waals surface area contributed by atoms with Crippen molar-refractivity contribution in [1.82, 2.24) is 10.6 Å². The van der Waals surface area contributed by atoms with Crippen molar-refractivity contribution < 1.29 is 52.8 Å². The van der Waals surface area contributed by atoms with Crippen LogP contribution in [0.4, 0.5) is 0 Å². The largest absolute Gasteiger partial charge is 0.462 e. The predicted molar refractivity (Wildman–Crippen MR) is 176 cm³/mol. The number of cyclic esters (lactones) is 1. The number of aliphatic hydroxyl groups is 1. The number of nitrogens with one attached hydrogen (secondary N) is 2. The van der Waals surface area contributed by atoms with Crippen molar-refractivity contribution in [1.29, 1.82) is 0 Å². The van der Waals surface area contributed by atoms with E-state index in [1.54, 1.807) is 44.2 Å². The maximum Gasteiger partial charge on any atom is 0.348 e. The Hall–Kier alpha value is -4.85. The number of esters is 3. The Morgan fingerprint density at radius 3 is 2.38 bits per heavy atom. The van der Waals surface area contributed by atoms with E-state index in [-0.39, 0.29) is 50.6 Å². The van der Waals surface area contributed by atoms with E-state index in [4.69, 9.17) is 28.8 Å². The molecule has 1 spiro atoms. The monoisotopic (exact) mass is 688 g/mol. The van der Waals surface area contributed by atoms with E-state index in [1.807, 2.05) is 24.3 Å². The van der Waals surface area contributed by atoms with Gasteiger partial charge in [-0.25, -0.2) is 14.4 Å². The summed E-state index contributed by atoms with van der Waals surface area (Å²) in [6, 6.07) is 14.5. The molecule has 2 aromatic rings. The standard InChI is InChI=1S/C37H40N2O11/c1-36(2)21-46-35(45)32(36)48-30(42)12-11-22-7-5-6-10-26(22)34(44)47-27-17-25(33(43)39-14-13-29(41)38-15-16-40)18-28-31(27)50-37(49-28)19-23-8-3-4-9-24(23)20-37/h3-12,18,27-28,31-32,40H,13-17,19-21H2,1-2H3,(H,38,41)(H,39,43). The molecule has 50 heavy (non-hydrogen) atoms. The number of fused-ring (bicyclic) bond motifs is 2. The first-order valence-electron chi connectivity index (χ1n) is 16.6. The van der Waals surface area contributed by atoms with Crippen molar-refractivity contribution in [3.63, 3.8) is 0 Å². The molecule has 3 N–H and O–H groups in total. The highest BCUT2D eigenvalue weighted by Gasteiger charge is 2.55. The van der Waals surface area contributed by atoms with Crippen LogP contribution in [0.5, 0.6) is 0 Å². The number of rotatable bonds is 11. The molecule has 2 fully saturated rings. The number of hydrogen-bond acceptors (Lipinski definition) is 11. The molecule has 0 bridgehead atoms. The van der Waals surface area contributed by atoms with Crippen LogP contribution in [-0.4, -0.2) is 91.3 Å². The molecule has 0 aromatic heterocycles. The maximum atomic E-state index is 13.8. The summed E-state index contributed by atoms with van der Waals surface area (Å²) in [4.78, 5) is 63.7. The van der Waals surface area contributed by atoms with Gasteiger partial charge < -0.3 is 39.4 Å². The van der Waals surface area contributed by atoms with Crippen LogP contribution in [0, 0.1) is 5.41 Å². The van der Waals surface area contributed by atoms with Crippen LogP contribution in [-0.2, 0) is 55.7 Å². The molecule has 4 aliphatic rings. The third-order valence-corrected chi connectivity index (χ3v) is 9.16. The lowest BCUT2D eigenvalue weighted by Crippen LogP contribution is -2.44. The van der Waals surface area contributed by atoms with Crippen LogP contribution in [0.1, 0.15) is 53.7 Å². The Balaban J connectivity index is 1.17. The molecule has 0 saturated carbocycles. The molecule has 13 nitrogen and oxygen atoms in total. The lowest BCUT2D eigenvalue weighted by Gasteiger charge is -2.30. The first-order valence-corrected chi connectivity index (χ1v) is 16.6. The Bertz CT molecular complexity index is 1710. The Kier molecular flexibility index (Phi) is 10.2. The molecule has 13 heteroatoms. The average molecular weight is 689 g/mol. The molecule has 264 valence electrons. The van der Waals surface area contributed by atoms with Gasteiger partial charge in [0.1, 0.15) is 24.9 Å². The van der Waals surface area contributed by atoms with Gasteiger partial charge in [-0.1, -0.05) is 56.3 Å². The van der Waals surface area contributed by atoms with Gasteiger partial charge in [0, 0.05) is 55.8 Å². The van der Waals surface area contributed by atoms with Gasteiger partial charge in [0.2, 0.25) is 17.9 Å². The van der Waals surface area contributed by atoms with Crippen LogP contribution in [0.15, 0.2) is 66.3 Å². The summed E-state index contributed by atoms with van der Waals surface area (Å²) in [7, 11) is 0. The molecule has 4 unspecified atom stereocenters. The van der Waals surface area contributed by atoms with Gasteiger partial charge in [0.25, 0.3) is 0 Å². The summed E-state index contributed by atoms with van der Waals surface area (Å²) in [5.74, 6) is -3.83. The minimum Gasteiger partial charge on any atom is -0.462 e. The van der Waals surface area contributed by atoms with Crippen LogP contribution in [0.25, 0.3) is 6.08 Å². The van der Waals surface area contributed by atoms with E-state index in [9.17, 15) is 24.0 Å². The number of carbonyl (C=O) groups excluding carboxylic acids is 5. The second-order valence-corrected chi connectivity index (χ2v) is 13.5. The molecular weight excluding hydrogens is 648 g/mol. The van der Waals surface area contributed by atoms with Crippen molar-refractivity contribution in [3.8, 4) is 0 Å². The van der Waals surface area contributed by atoms with Gasteiger partial charge in [-0.2, -0.15) is 0 Å².